The van der Waals surface area contributed by atoms with Gasteiger partial charge in [-0.2, -0.15) is 0 Å². The Kier molecular flexibility index (Phi) is 5.93. The van der Waals surface area contributed by atoms with Crippen molar-refractivity contribution in [2.45, 2.75) is 51.5 Å². The summed E-state index contributed by atoms with van der Waals surface area (Å²) in [6, 6.07) is 0.697. The molecule has 2 atom stereocenters. The Morgan fingerprint density at radius 2 is 1.94 bits per heavy atom. The zero-order chi connectivity index (χ0) is 12.8. The molecule has 0 bridgehead atoms. The Hall–Kier alpha value is -0.120. The lowest BCUT2D eigenvalue weighted by Crippen LogP contribution is -2.50. The molecule has 3 heteroatoms. The van der Waals surface area contributed by atoms with Crippen molar-refractivity contribution in [3.8, 4) is 0 Å². The summed E-state index contributed by atoms with van der Waals surface area (Å²) in [5, 5.41) is 3.83. The van der Waals surface area contributed by atoms with Crippen molar-refractivity contribution >= 4 is 0 Å². The van der Waals surface area contributed by atoms with Crippen molar-refractivity contribution < 1.29 is 0 Å². The number of hydrogen-bond donors (Lipinski definition) is 2. The van der Waals surface area contributed by atoms with Gasteiger partial charge in [-0.1, -0.05) is 26.2 Å². The van der Waals surface area contributed by atoms with Crippen molar-refractivity contribution in [3.05, 3.63) is 0 Å². The first-order valence-electron chi connectivity index (χ1n) is 7.93. The van der Waals surface area contributed by atoms with Crippen LogP contribution in [0.2, 0.25) is 0 Å². The molecule has 18 heavy (non-hydrogen) atoms. The molecule has 3 nitrogen and oxygen atoms in total. The first-order chi connectivity index (χ1) is 8.78. The van der Waals surface area contributed by atoms with Crippen LogP contribution in [0.3, 0.4) is 0 Å². The average Bonchev–Trinajstić information content (AvgIpc) is 2.37. The van der Waals surface area contributed by atoms with Crippen molar-refractivity contribution in [1.82, 2.24) is 10.2 Å². The van der Waals surface area contributed by atoms with E-state index >= 15 is 0 Å². The van der Waals surface area contributed by atoms with Gasteiger partial charge in [0.15, 0.2) is 0 Å². The van der Waals surface area contributed by atoms with Crippen LogP contribution in [0.25, 0.3) is 0 Å². The van der Waals surface area contributed by atoms with Gasteiger partial charge in [-0.25, -0.2) is 0 Å². The molecule has 0 aromatic heterocycles. The maximum Gasteiger partial charge on any atom is 0.0198 e. The maximum atomic E-state index is 5.68. The largest absolute Gasteiger partial charge is 0.329 e. The molecular formula is C15H31N3. The molecule has 3 N–H and O–H groups in total. The van der Waals surface area contributed by atoms with Gasteiger partial charge in [0.05, 0.1) is 0 Å². The van der Waals surface area contributed by atoms with Crippen molar-refractivity contribution in [2.75, 3.05) is 32.7 Å². The third-order valence-electron chi connectivity index (χ3n) is 4.60. The second-order valence-corrected chi connectivity index (χ2v) is 6.50. The van der Waals surface area contributed by atoms with Crippen LogP contribution in [-0.2, 0) is 0 Å². The molecule has 2 aliphatic rings. The van der Waals surface area contributed by atoms with Crippen LogP contribution in [0, 0.1) is 11.8 Å². The Bertz CT molecular complexity index is 226. The molecule has 2 rings (SSSR count). The first-order valence-corrected chi connectivity index (χ1v) is 7.93. The molecule has 1 aliphatic carbocycles. The van der Waals surface area contributed by atoms with E-state index in [1.54, 1.807) is 0 Å². The lowest BCUT2D eigenvalue weighted by Gasteiger charge is -2.37. The quantitative estimate of drug-likeness (QED) is 0.785. The van der Waals surface area contributed by atoms with Gasteiger partial charge in [0.25, 0.3) is 0 Å². The highest BCUT2D eigenvalue weighted by Gasteiger charge is 2.24. The van der Waals surface area contributed by atoms with E-state index in [2.05, 4.69) is 17.1 Å². The van der Waals surface area contributed by atoms with Crippen molar-refractivity contribution in [2.24, 2.45) is 17.6 Å². The minimum Gasteiger partial charge on any atom is -0.329 e. The third-order valence-corrected chi connectivity index (χ3v) is 4.60. The Morgan fingerprint density at radius 3 is 2.67 bits per heavy atom. The van der Waals surface area contributed by atoms with Crippen molar-refractivity contribution in [3.63, 3.8) is 0 Å². The molecule has 1 saturated carbocycles. The lowest BCUT2D eigenvalue weighted by molar-refractivity contribution is 0.148. The molecule has 2 fully saturated rings. The molecule has 1 heterocycles. The zero-order valence-corrected chi connectivity index (χ0v) is 12.0. The first kappa shape index (κ1) is 14.3. The van der Waals surface area contributed by atoms with Crippen molar-refractivity contribution in [1.29, 1.82) is 0 Å². The predicted molar refractivity (Wildman–Crippen MR) is 77.6 cm³/mol. The summed E-state index contributed by atoms with van der Waals surface area (Å²) in [6.45, 7) is 7.91. The minimum atomic E-state index is 0.697. The SMILES string of the molecule is CC1CC(NCC2CCCCC2)CN(CCN)C1. The van der Waals surface area contributed by atoms with Gasteiger partial charge >= 0.3 is 0 Å². The normalized spacial score (nSPS) is 31.7. The summed E-state index contributed by atoms with van der Waals surface area (Å²) in [7, 11) is 0. The van der Waals surface area contributed by atoms with Crippen LogP contribution in [0.5, 0.6) is 0 Å². The van der Waals surface area contributed by atoms with Gasteiger partial charge in [-0.05, 0) is 37.6 Å². The molecule has 0 aromatic rings. The number of rotatable bonds is 5. The molecule has 1 saturated heterocycles. The molecular weight excluding hydrogens is 222 g/mol. The summed E-state index contributed by atoms with van der Waals surface area (Å²) in [5.41, 5.74) is 5.68. The molecule has 0 aromatic carbocycles. The van der Waals surface area contributed by atoms with E-state index in [1.165, 1.54) is 58.2 Å². The monoisotopic (exact) mass is 253 g/mol. The number of nitrogens with one attached hydrogen (secondary N) is 1. The summed E-state index contributed by atoms with van der Waals surface area (Å²) >= 11 is 0. The van der Waals surface area contributed by atoms with E-state index in [1.807, 2.05) is 0 Å². The van der Waals surface area contributed by atoms with Gasteiger partial charge in [-0.15, -0.1) is 0 Å². The zero-order valence-electron chi connectivity index (χ0n) is 12.0. The van der Waals surface area contributed by atoms with E-state index in [-0.39, 0.29) is 0 Å². The number of nitrogens with zero attached hydrogens (tertiary/aromatic N) is 1. The van der Waals surface area contributed by atoms with E-state index in [0.717, 1.165) is 24.9 Å². The van der Waals surface area contributed by atoms with Gasteiger partial charge in [-0.3, -0.25) is 0 Å². The van der Waals surface area contributed by atoms with E-state index in [9.17, 15) is 0 Å². The number of piperidine rings is 1. The van der Waals surface area contributed by atoms with Crippen LogP contribution in [0.1, 0.15) is 45.4 Å². The molecule has 0 amide bonds. The molecule has 0 radical (unpaired) electrons. The maximum absolute atomic E-state index is 5.68. The number of hydrogen-bond acceptors (Lipinski definition) is 3. The van der Waals surface area contributed by atoms with E-state index in [4.69, 9.17) is 5.73 Å². The summed E-state index contributed by atoms with van der Waals surface area (Å²) in [6.07, 6.45) is 8.60. The third kappa shape index (κ3) is 4.52. The second kappa shape index (κ2) is 7.46. The Labute approximate surface area is 112 Å². The van der Waals surface area contributed by atoms with Gasteiger partial charge in [0.2, 0.25) is 0 Å². The van der Waals surface area contributed by atoms with E-state index in [0.29, 0.717) is 6.04 Å². The summed E-state index contributed by atoms with van der Waals surface area (Å²) in [4.78, 5) is 2.53. The van der Waals surface area contributed by atoms with Crippen LogP contribution in [0.4, 0.5) is 0 Å². The smallest absolute Gasteiger partial charge is 0.0198 e. The van der Waals surface area contributed by atoms with Gasteiger partial charge in [0, 0.05) is 32.2 Å². The number of likely N-dealkylation sites (tertiary alicyclic amines) is 1. The summed E-state index contributed by atoms with van der Waals surface area (Å²) in [5.74, 6) is 1.76. The Balaban J connectivity index is 1.70. The van der Waals surface area contributed by atoms with Crippen LogP contribution < -0.4 is 11.1 Å². The molecule has 0 spiro atoms. The average molecular weight is 253 g/mol. The second-order valence-electron chi connectivity index (χ2n) is 6.50. The minimum absolute atomic E-state index is 0.697. The molecule has 106 valence electrons. The van der Waals surface area contributed by atoms with Crippen LogP contribution >= 0.6 is 0 Å². The molecule has 2 unspecified atom stereocenters. The van der Waals surface area contributed by atoms with Crippen LogP contribution in [0.15, 0.2) is 0 Å². The summed E-state index contributed by atoms with van der Waals surface area (Å²) < 4.78 is 0. The Morgan fingerprint density at radius 1 is 1.17 bits per heavy atom. The van der Waals surface area contributed by atoms with E-state index < -0.39 is 0 Å². The fourth-order valence-corrected chi connectivity index (χ4v) is 3.70. The highest BCUT2D eigenvalue weighted by molar-refractivity contribution is 4.83. The highest BCUT2D eigenvalue weighted by atomic mass is 15.2. The highest BCUT2D eigenvalue weighted by Crippen LogP contribution is 2.23. The topological polar surface area (TPSA) is 41.3 Å². The lowest BCUT2D eigenvalue weighted by atomic mass is 9.88. The van der Waals surface area contributed by atoms with Crippen LogP contribution in [-0.4, -0.2) is 43.7 Å². The fraction of sp³-hybridized carbons (Fsp3) is 1.00. The predicted octanol–water partition coefficient (Wildman–Crippen LogP) is 1.83. The molecule has 1 aliphatic heterocycles. The van der Waals surface area contributed by atoms with Gasteiger partial charge < -0.3 is 16.0 Å². The fourth-order valence-electron chi connectivity index (χ4n) is 3.70. The standard InChI is InChI=1S/C15H31N3/c1-13-9-15(12-18(11-13)8-7-16)17-10-14-5-3-2-4-6-14/h13-15,17H,2-12,16H2,1H3. The van der Waals surface area contributed by atoms with Gasteiger partial charge in [0.1, 0.15) is 0 Å². The number of nitrogens with two attached hydrogens (primary N) is 1.